The molecular formula is C24H46N2O6. The SMILES string of the molecule is CC(C)(C)NC(=O)C(CC(=O)O)C(C)(C)C.CC(C)(C)NC(=O)C(CC(=O)O)C(C)(C)C. The Bertz CT molecular complexity index is 600. The maximum absolute atomic E-state index is 12.0. The summed E-state index contributed by atoms with van der Waals surface area (Å²) in [4.78, 5) is 45.4. The van der Waals surface area contributed by atoms with Gasteiger partial charge in [-0.2, -0.15) is 0 Å². The lowest BCUT2D eigenvalue weighted by molar-refractivity contribution is -0.144. The first-order valence-corrected chi connectivity index (χ1v) is 10.9. The van der Waals surface area contributed by atoms with Crippen LogP contribution >= 0.6 is 0 Å². The zero-order valence-electron chi connectivity index (χ0n) is 22.1. The van der Waals surface area contributed by atoms with Gasteiger partial charge in [0.05, 0.1) is 24.7 Å². The fourth-order valence-corrected chi connectivity index (χ4v) is 2.85. The number of nitrogens with one attached hydrogen (secondary N) is 2. The number of aliphatic carboxylic acids is 2. The largest absolute Gasteiger partial charge is 0.481 e. The highest BCUT2D eigenvalue weighted by atomic mass is 16.4. The van der Waals surface area contributed by atoms with Gasteiger partial charge in [0.25, 0.3) is 0 Å². The monoisotopic (exact) mass is 458 g/mol. The minimum absolute atomic E-state index is 0.134. The molecule has 32 heavy (non-hydrogen) atoms. The van der Waals surface area contributed by atoms with Crippen LogP contribution in [-0.2, 0) is 19.2 Å². The molecule has 0 radical (unpaired) electrons. The maximum Gasteiger partial charge on any atom is 0.304 e. The summed E-state index contributed by atoms with van der Waals surface area (Å²) in [5.74, 6) is -3.29. The molecule has 4 N–H and O–H groups in total. The van der Waals surface area contributed by atoms with E-state index < -0.39 is 23.8 Å². The fraction of sp³-hybridized carbons (Fsp3) is 0.833. The van der Waals surface area contributed by atoms with Crippen molar-refractivity contribution in [1.29, 1.82) is 0 Å². The van der Waals surface area contributed by atoms with Crippen molar-refractivity contribution in [2.45, 2.75) is 107 Å². The van der Waals surface area contributed by atoms with Gasteiger partial charge in [0.1, 0.15) is 0 Å². The molecule has 8 nitrogen and oxygen atoms in total. The predicted molar refractivity (Wildman–Crippen MR) is 126 cm³/mol. The average molecular weight is 459 g/mol. The van der Waals surface area contributed by atoms with Gasteiger partial charge < -0.3 is 20.8 Å². The minimum atomic E-state index is -0.941. The third kappa shape index (κ3) is 15.6. The van der Waals surface area contributed by atoms with Crippen molar-refractivity contribution in [3.05, 3.63) is 0 Å². The van der Waals surface area contributed by atoms with E-state index in [-0.39, 0.29) is 46.6 Å². The summed E-state index contributed by atoms with van der Waals surface area (Å²) in [6.45, 7) is 22.5. The van der Waals surface area contributed by atoms with E-state index in [4.69, 9.17) is 10.2 Å². The number of carbonyl (C=O) groups excluding carboxylic acids is 2. The predicted octanol–water partition coefficient (Wildman–Crippen LogP) is 4.08. The molecule has 0 spiro atoms. The van der Waals surface area contributed by atoms with Gasteiger partial charge in [0.15, 0.2) is 0 Å². The standard InChI is InChI=1S/2C12H23NO3/c2*1-11(2,3)8(7-9(14)15)10(16)13-12(4,5)6/h2*8H,7H2,1-6H3,(H,13,16)(H,14,15). The van der Waals surface area contributed by atoms with Crippen LogP contribution in [0.25, 0.3) is 0 Å². The van der Waals surface area contributed by atoms with Gasteiger partial charge >= 0.3 is 11.9 Å². The maximum atomic E-state index is 12.0. The Morgan fingerprint density at radius 2 is 0.781 bits per heavy atom. The van der Waals surface area contributed by atoms with Crippen LogP contribution in [0.15, 0.2) is 0 Å². The Morgan fingerprint density at radius 3 is 0.906 bits per heavy atom. The molecule has 188 valence electrons. The molecule has 8 heteroatoms. The van der Waals surface area contributed by atoms with E-state index in [1.807, 2.05) is 83.1 Å². The topological polar surface area (TPSA) is 133 Å². The van der Waals surface area contributed by atoms with Crippen LogP contribution in [-0.4, -0.2) is 45.0 Å². The van der Waals surface area contributed by atoms with Crippen molar-refractivity contribution in [3.63, 3.8) is 0 Å². The Hall–Kier alpha value is -2.12. The summed E-state index contributed by atoms with van der Waals surface area (Å²) >= 11 is 0. The number of carboxylic acid groups (broad SMARTS) is 2. The average Bonchev–Trinajstić information content (AvgIpc) is 2.44. The Morgan fingerprint density at radius 1 is 0.562 bits per heavy atom. The second kappa shape index (κ2) is 11.7. The highest BCUT2D eigenvalue weighted by Crippen LogP contribution is 2.30. The number of hydrogen-bond donors (Lipinski definition) is 4. The molecule has 2 amide bonds. The van der Waals surface area contributed by atoms with Crippen LogP contribution in [0.2, 0.25) is 0 Å². The van der Waals surface area contributed by atoms with Crippen LogP contribution in [0, 0.1) is 22.7 Å². The summed E-state index contributed by atoms with van der Waals surface area (Å²) in [5, 5.41) is 23.3. The highest BCUT2D eigenvalue weighted by molar-refractivity contribution is 5.85. The third-order valence-corrected chi connectivity index (χ3v) is 4.48. The quantitative estimate of drug-likeness (QED) is 0.474. The van der Waals surface area contributed by atoms with Gasteiger partial charge in [-0.25, -0.2) is 0 Å². The summed E-state index contributed by atoms with van der Waals surface area (Å²) in [6.07, 6.45) is -0.267. The second-order valence-corrected chi connectivity index (χ2v) is 12.5. The lowest BCUT2D eigenvalue weighted by Crippen LogP contribution is -2.47. The van der Waals surface area contributed by atoms with Gasteiger partial charge in [0, 0.05) is 11.1 Å². The van der Waals surface area contributed by atoms with E-state index in [1.54, 1.807) is 0 Å². The summed E-state index contributed by atoms with van der Waals surface area (Å²) in [5.41, 5.74) is -1.38. The van der Waals surface area contributed by atoms with Crippen molar-refractivity contribution >= 4 is 23.8 Å². The van der Waals surface area contributed by atoms with Crippen LogP contribution < -0.4 is 10.6 Å². The highest BCUT2D eigenvalue weighted by Gasteiger charge is 2.35. The van der Waals surface area contributed by atoms with E-state index >= 15 is 0 Å². The van der Waals surface area contributed by atoms with Crippen molar-refractivity contribution in [1.82, 2.24) is 10.6 Å². The van der Waals surface area contributed by atoms with Crippen molar-refractivity contribution in [2.24, 2.45) is 22.7 Å². The molecule has 2 atom stereocenters. The molecule has 0 bridgehead atoms. The Kier molecular flexibility index (Phi) is 11.7. The second-order valence-electron chi connectivity index (χ2n) is 12.5. The molecule has 0 saturated heterocycles. The van der Waals surface area contributed by atoms with E-state index in [0.717, 1.165) is 0 Å². The smallest absolute Gasteiger partial charge is 0.304 e. The number of carboxylic acids is 2. The molecular weight excluding hydrogens is 412 g/mol. The van der Waals surface area contributed by atoms with Gasteiger partial charge in [-0.05, 0) is 52.4 Å². The normalized spacial score (nSPS) is 14.4. The number of carbonyl (C=O) groups is 4. The van der Waals surface area contributed by atoms with E-state index in [9.17, 15) is 19.2 Å². The van der Waals surface area contributed by atoms with Crippen molar-refractivity contribution in [3.8, 4) is 0 Å². The van der Waals surface area contributed by atoms with E-state index in [2.05, 4.69) is 10.6 Å². The molecule has 0 aromatic rings. The molecule has 0 aliphatic carbocycles. The lowest BCUT2D eigenvalue weighted by atomic mass is 9.78. The first-order chi connectivity index (χ1) is 13.9. The number of rotatable bonds is 6. The van der Waals surface area contributed by atoms with Crippen molar-refractivity contribution in [2.75, 3.05) is 0 Å². The molecule has 0 aliphatic heterocycles. The Balaban J connectivity index is 0. The first kappa shape index (κ1) is 32.1. The molecule has 0 fully saturated rings. The molecule has 0 aromatic heterocycles. The van der Waals surface area contributed by atoms with Gasteiger partial charge in [-0.3, -0.25) is 19.2 Å². The summed E-state index contributed by atoms with van der Waals surface area (Å²) < 4.78 is 0. The van der Waals surface area contributed by atoms with Gasteiger partial charge in [0.2, 0.25) is 11.8 Å². The number of amides is 2. The molecule has 0 aromatic carbocycles. The molecule has 2 unspecified atom stereocenters. The van der Waals surface area contributed by atoms with E-state index in [0.29, 0.717) is 0 Å². The third-order valence-electron chi connectivity index (χ3n) is 4.48. The minimum Gasteiger partial charge on any atom is -0.481 e. The van der Waals surface area contributed by atoms with Gasteiger partial charge in [-0.15, -0.1) is 0 Å². The Labute approximate surface area is 193 Å². The zero-order chi connectivity index (χ0) is 26.3. The molecule has 0 saturated carbocycles. The molecule has 0 aliphatic rings. The van der Waals surface area contributed by atoms with Crippen molar-refractivity contribution < 1.29 is 29.4 Å². The summed E-state index contributed by atoms with van der Waals surface area (Å²) in [7, 11) is 0. The van der Waals surface area contributed by atoms with E-state index in [1.165, 1.54) is 0 Å². The first-order valence-electron chi connectivity index (χ1n) is 10.9. The van der Waals surface area contributed by atoms with Crippen LogP contribution in [0.5, 0.6) is 0 Å². The lowest BCUT2D eigenvalue weighted by Gasteiger charge is -2.31. The van der Waals surface area contributed by atoms with Crippen LogP contribution in [0.1, 0.15) is 95.9 Å². The molecule has 0 heterocycles. The number of hydrogen-bond acceptors (Lipinski definition) is 4. The summed E-state index contributed by atoms with van der Waals surface area (Å²) in [6, 6.07) is 0. The van der Waals surface area contributed by atoms with Gasteiger partial charge in [-0.1, -0.05) is 41.5 Å². The zero-order valence-corrected chi connectivity index (χ0v) is 22.1. The fourth-order valence-electron chi connectivity index (χ4n) is 2.85. The molecule has 0 rings (SSSR count). The van der Waals surface area contributed by atoms with Crippen LogP contribution in [0.3, 0.4) is 0 Å². The van der Waals surface area contributed by atoms with Crippen LogP contribution in [0.4, 0.5) is 0 Å².